The van der Waals surface area contributed by atoms with Crippen LogP contribution < -0.4 is 0 Å². The summed E-state index contributed by atoms with van der Waals surface area (Å²) in [5, 5.41) is 18.5. The van der Waals surface area contributed by atoms with Crippen LogP contribution in [0.15, 0.2) is 79.0 Å². The molecular weight excluding hydrogens is 329 g/mol. The van der Waals surface area contributed by atoms with E-state index >= 15 is 0 Å². The summed E-state index contributed by atoms with van der Waals surface area (Å²) in [5.74, 6) is -0.585. The number of aromatic hydroxyl groups is 1. The zero-order valence-electron chi connectivity index (χ0n) is 13.7. The van der Waals surface area contributed by atoms with Crippen LogP contribution in [0.25, 0.3) is 33.6 Å². The average molecular weight is 343 g/mol. The molecule has 0 aliphatic rings. The van der Waals surface area contributed by atoms with Crippen molar-refractivity contribution in [1.29, 1.82) is 0 Å². The molecule has 0 radical (unpaired) electrons. The number of nitrogens with zero attached hydrogens (tertiary/aromatic N) is 3. The highest BCUT2D eigenvalue weighted by atomic mass is 19.1. The van der Waals surface area contributed by atoms with Gasteiger partial charge in [-0.3, -0.25) is 4.98 Å². The Hall–Kier alpha value is -3.60. The smallest absolute Gasteiger partial charge is 0.241 e. The van der Waals surface area contributed by atoms with Gasteiger partial charge in [0.1, 0.15) is 11.5 Å². The van der Waals surface area contributed by atoms with Crippen LogP contribution in [-0.2, 0) is 0 Å². The predicted molar refractivity (Wildman–Crippen MR) is 97.8 cm³/mol. The van der Waals surface area contributed by atoms with E-state index in [1.165, 1.54) is 12.1 Å². The molecule has 0 fully saturated rings. The Bertz CT molecular complexity index is 1050. The van der Waals surface area contributed by atoms with E-state index in [9.17, 15) is 9.50 Å². The van der Waals surface area contributed by atoms with Crippen LogP contribution in [0.2, 0.25) is 0 Å². The lowest BCUT2D eigenvalue weighted by Gasteiger charge is -2.15. The maximum atomic E-state index is 13.8. The lowest BCUT2D eigenvalue weighted by atomic mass is 9.93. The first kappa shape index (κ1) is 15.9. The van der Waals surface area contributed by atoms with Crippen LogP contribution in [0.4, 0.5) is 4.39 Å². The molecule has 4 nitrogen and oxygen atoms in total. The van der Waals surface area contributed by atoms with Crippen molar-refractivity contribution in [2.24, 2.45) is 0 Å². The Morgan fingerprint density at radius 2 is 1.50 bits per heavy atom. The van der Waals surface area contributed by atoms with Crippen molar-refractivity contribution < 1.29 is 9.50 Å². The summed E-state index contributed by atoms with van der Waals surface area (Å²) < 4.78 is 13.8. The van der Waals surface area contributed by atoms with Crippen LogP contribution in [0.3, 0.4) is 0 Å². The molecule has 2 aromatic carbocycles. The first-order valence-corrected chi connectivity index (χ1v) is 8.06. The molecule has 126 valence electrons. The third kappa shape index (κ3) is 2.91. The Morgan fingerprint density at radius 1 is 0.731 bits per heavy atom. The van der Waals surface area contributed by atoms with Gasteiger partial charge >= 0.3 is 0 Å². The standard InChI is InChI=1S/C21H14FN3O/c22-16-10-6-9-15(13-16)20-18(14-7-2-1-3-8-14)19(21(26)25-24-20)17-11-4-5-12-23-17/h1-13H,(H,25,26). The van der Waals surface area contributed by atoms with Gasteiger partial charge in [0, 0.05) is 17.3 Å². The summed E-state index contributed by atoms with van der Waals surface area (Å²) in [5.41, 5.74) is 3.57. The number of benzene rings is 2. The average Bonchev–Trinajstić information content (AvgIpc) is 2.69. The van der Waals surface area contributed by atoms with Gasteiger partial charge in [-0.1, -0.05) is 48.5 Å². The first-order valence-electron chi connectivity index (χ1n) is 8.06. The van der Waals surface area contributed by atoms with Crippen molar-refractivity contribution in [3.05, 3.63) is 84.8 Å². The highest BCUT2D eigenvalue weighted by molar-refractivity contribution is 5.93. The van der Waals surface area contributed by atoms with Gasteiger partial charge in [-0.15, -0.1) is 10.2 Å². The second-order valence-electron chi connectivity index (χ2n) is 5.71. The van der Waals surface area contributed by atoms with Gasteiger partial charge < -0.3 is 5.11 Å². The van der Waals surface area contributed by atoms with Gasteiger partial charge in [-0.2, -0.15) is 0 Å². The minimum atomic E-state index is -0.365. The maximum absolute atomic E-state index is 13.8. The Morgan fingerprint density at radius 3 is 2.23 bits per heavy atom. The Kier molecular flexibility index (Phi) is 4.11. The van der Waals surface area contributed by atoms with Crippen molar-refractivity contribution >= 4 is 0 Å². The second kappa shape index (κ2) is 6.72. The number of pyridine rings is 1. The van der Waals surface area contributed by atoms with Crippen molar-refractivity contribution in [2.75, 3.05) is 0 Å². The fourth-order valence-corrected chi connectivity index (χ4v) is 2.90. The van der Waals surface area contributed by atoms with E-state index in [2.05, 4.69) is 15.2 Å². The molecule has 26 heavy (non-hydrogen) atoms. The molecule has 4 aromatic rings. The molecule has 0 saturated carbocycles. The highest BCUT2D eigenvalue weighted by Crippen LogP contribution is 2.41. The summed E-state index contributed by atoms with van der Waals surface area (Å²) in [4.78, 5) is 4.35. The molecule has 0 unspecified atom stereocenters. The SMILES string of the molecule is Oc1nnc(-c2cccc(F)c2)c(-c2ccccc2)c1-c1ccccn1. The molecule has 0 aliphatic carbocycles. The van der Waals surface area contributed by atoms with E-state index in [-0.39, 0.29) is 11.7 Å². The van der Waals surface area contributed by atoms with E-state index in [1.54, 1.807) is 30.5 Å². The summed E-state index contributed by atoms with van der Waals surface area (Å²) in [6, 6.07) is 21.1. The minimum Gasteiger partial charge on any atom is -0.492 e. The number of hydrogen-bond acceptors (Lipinski definition) is 4. The number of aromatic nitrogens is 3. The molecule has 5 heteroatoms. The van der Waals surface area contributed by atoms with Crippen molar-refractivity contribution in [3.8, 4) is 39.5 Å². The summed E-state index contributed by atoms with van der Waals surface area (Å²) in [7, 11) is 0. The van der Waals surface area contributed by atoms with Gasteiger partial charge in [-0.05, 0) is 29.8 Å². The highest BCUT2D eigenvalue weighted by Gasteiger charge is 2.21. The van der Waals surface area contributed by atoms with E-state index in [0.717, 1.165) is 5.56 Å². The van der Waals surface area contributed by atoms with Gasteiger partial charge in [0.15, 0.2) is 0 Å². The van der Waals surface area contributed by atoms with Crippen LogP contribution in [-0.4, -0.2) is 20.3 Å². The topological polar surface area (TPSA) is 58.9 Å². The number of rotatable bonds is 3. The zero-order chi connectivity index (χ0) is 17.9. The molecule has 0 amide bonds. The van der Waals surface area contributed by atoms with Gasteiger partial charge in [-0.25, -0.2) is 4.39 Å². The molecule has 0 spiro atoms. The van der Waals surface area contributed by atoms with E-state index in [1.807, 2.05) is 36.4 Å². The fraction of sp³-hybridized carbons (Fsp3) is 0. The summed E-state index contributed by atoms with van der Waals surface area (Å²) in [6.07, 6.45) is 1.64. The van der Waals surface area contributed by atoms with E-state index < -0.39 is 0 Å². The third-order valence-electron chi connectivity index (χ3n) is 4.04. The molecule has 2 aromatic heterocycles. The Balaban J connectivity index is 2.08. The molecule has 2 heterocycles. The second-order valence-corrected chi connectivity index (χ2v) is 5.71. The Labute approximate surface area is 149 Å². The normalized spacial score (nSPS) is 10.7. The summed E-state index contributed by atoms with van der Waals surface area (Å²) in [6.45, 7) is 0. The van der Waals surface area contributed by atoms with E-state index in [0.29, 0.717) is 28.1 Å². The molecule has 4 rings (SSSR count). The minimum absolute atomic E-state index is 0.220. The number of hydrogen-bond donors (Lipinski definition) is 1. The molecule has 0 atom stereocenters. The van der Waals surface area contributed by atoms with Gasteiger partial charge in [0.25, 0.3) is 0 Å². The predicted octanol–water partition coefficient (Wildman–Crippen LogP) is 4.72. The lowest BCUT2D eigenvalue weighted by molar-refractivity contribution is 0.448. The molecule has 1 N–H and O–H groups in total. The van der Waals surface area contributed by atoms with Crippen molar-refractivity contribution in [3.63, 3.8) is 0 Å². The van der Waals surface area contributed by atoms with Crippen LogP contribution in [0.5, 0.6) is 5.88 Å². The number of halogens is 1. The van der Waals surface area contributed by atoms with Crippen LogP contribution >= 0.6 is 0 Å². The fourth-order valence-electron chi connectivity index (χ4n) is 2.90. The lowest BCUT2D eigenvalue weighted by Crippen LogP contribution is -1.98. The van der Waals surface area contributed by atoms with Gasteiger partial charge in [0.2, 0.25) is 5.88 Å². The van der Waals surface area contributed by atoms with Crippen molar-refractivity contribution in [2.45, 2.75) is 0 Å². The molecular formula is C21H14FN3O. The third-order valence-corrected chi connectivity index (χ3v) is 4.04. The van der Waals surface area contributed by atoms with Crippen LogP contribution in [0.1, 0.15) is 0 Å². The van der Waals surface area contributed by atoms with E-state index in [4.69, 9.17) is 0 Å². The quantitative estimate of drug-likeness (QED) is 0.585. The van der Waals surface area contributed by atoms with Gasteiger partial charge in [0.05, 0.1) is 11.3 Å². The molecule has 0 saturated heterocycles. The van der Waals surface area contributed by atoms with Crippen molar-refractivity contribution in [1.82, 2.24) is 15.2 Å². The summed E-state index contributed by atoms with van der Waals surface area (Å²) >= 11 is 0. The first-order chi connectivity index (χ1) is 12.7. The maximum Gasteiger partial charge on any atom is 0.241 e. The zero-order valence-corrected chi connectivity index (χ0v) is 13.7. The monoisotopic (exact) mass is 343 g/mol. The molecule has 0 aliphatic heterocycles. The van der Waals surface area contributed by atoms with Crippen LogP contribution in [0, 0.1) is 5.82 Å². The molecule has 0 bridgehead atoms. The largest absolute Gasteiger partial charge is 0.492 e.